The largest absolute Gasteiger partial charge is 0.492 e. The van der Waals surface area contributed by atoms with Crippen LogP contribution in [-0.2, 0) is 0 Å². The lowest BCUT2D eigenvalue weighted by Crippen LogP contribution is -2.02. The van der Waals surface area contributed by atoms with Crippen molar-refractivity contribution in [3.05, 3.63) is 21.3 Å². The Morgan fingerprint density at radius 1 is 1.05 bits per heavy atom. The van der Waals surface area contributed by atoms with Gasteiger partial charge >= 0.3 is 0 Å². The van der Waals surface area contributed by atoms with Gasteiger partial charge in [-0.25, -0.2) is 0 Å². The fraction of sp³-hybridized carbons (Fsp3) is 0.500. The summed E-state index contributed by atoms with van der Waals surface area (Å²) in [7, 11) is 0. The van der Waals surface area contributed by atoms with Crippen LogP contribution in [0.1, 0.15) is 45.1 Å². The molecule has 0 fully saturated rings. The predicted molar refractivity (Wildman–Crippen MR) is 87.9 cm³/mol. The highest BCUT2D eigenvalue weighted by Gasteiger charge is 2.09. The lowest BCUT2D eigenvalue weighted by Gasteiger charge is -2.12. The number of rotatable bonds is 8. The van der Waals surface area contributed by atoms with E-state index < -0.39 is 0 Å². The number of hydrogen-bond donors (Lipinski definition) is 0. The van der Waals surface area contributed by atoms with E-state index in [4.69, 9.17) is 15.9 Å². The molecule has 3 heteroatoms. The van der Waals surface area contributed by atoms with Crippen molar-refractivity contribution in [2.45, 2.75) is 39.5 Å². The summed E-state index contributed by atoms with van der Waals surface area (Å²) in [4.78, 5) is 0. The Kier molecular flexibility index (Phi) is 7.73. The highest BCUT2D eigenvalue weighted by molar-refractivity contribution is 14.1. The Labute approximate surface area is 130 Å². The van der Waals surface area contributed by atoms with Crippen molar-refractivity contribution in [3.63, 3.8) is 0 Å². The highest BCUT2D eigenvalue weighted by Crippen LogP contribution is 2.30. The summed E-state index contributed by atoms with van der Waals surface area (Å²) in [6.07, 6.45) is 9.86. The van der Waals surface area contributed by atoms with Crippen LogP contribution in [-0.4, -0.2) is 13.2 Å². The molecule has 0 aliphatic carbocycles. The minimum atomic E-state index is 0.706. The van der Waals surface area contributed by atoms with Crippen molar-refractivity contribution in [1.29, 1.82) is 0 Å². The number of benzene rings is 1. The van der Waals surface area contributed by atoms with Crippen LogP contribution in [0.5, 0.6) is 11.5 Å². The topological polar surface area (TPSA) is 18.5 Å². The zero-order chi connectivity index (χ0) is 14.1. The zero-order valence-corrected chi connectivity index (χ0v) is 13.8. The number of terminal acetylenes is 1. The van der Waals surface area contributed by atoms with E-state index in [1.165, 1.54) is 0 Å². The first kappa shape index (κ1) is 16.2. The summed E-state index contributed by atoms with van der Waals surface area (Å²) in [6.45, 7) is 5.72. The van der Waals surface area contributed by atoms with Crippen LogP contribution in [0.15, 0.2) is 12.1 Å². The van der Waals surface area contributed by atoms with Gasteiger partial charge in [-0.3, -0.25) is 0 Å². The van der Waals surface area contributed by atoms with E-state index in [1.807, 2.05) is 12.1 Å². The van der Waals surface area contributed by atoms with Gasteiger partial charge in [0.25, 0.3) is 0 Å². The van der Waals surface area contributed by atoms with E-state index in [0.29, 0.717) is 6.61 Å². The van der Waals surface area contributed by atoms with Crippen LogP contribution in [0.4, 0.5) is 0 Å². The molecule has 1 rings (SSSR count). The summed E-state index contributed by atoms with van der Waals surface area (Å²) in [6, 6.07) is 3.87. The summed E-state index contributed by atoms with van der Waals surface area (Å²) >= 11 is 2.26. The predicted octanol–water partition coefficient (Wildman–Crippen LogP) is 4.63. The Balaban J connectivity index is 2.79. The van der Waals surface area contributed by atoms with Gasteiger partial charge < -0.3 is 9.47 Å². The van der Waals surface area contributed by atoms with Gasteiger partial charge in [0.05, 0.1) is 22.3 Å². The van der Waals surface area contributed by atoms with Gasteiger partial charge in [0.1, 0.15) is 11.5 Å². The van der Waals surface area contributed by atoms with E-state index in [1.54, 1.807) is 0 Å². The first-order valence-corrected chi connectivity index (χ1v) is 7.86. The average Bonchev–Trinajstić information content (AvgIpc) is 2.41. The van der Waals surface area contributed by atoms with Crippen LogP contribution in [0.2, 0.25) is 0 Å². The molecule has 0 aliphatic rings. The standard InChI is InChI=1S/C16H21IO2/c1-4-7-9-18-15-12-14(17)16(11-13(15)6-3)19-10-8-5-2/h3,11-12H,4-5,7-10H2,1-2H3. The molecular formula is C16H21IO2. The molecule has 0 amide bonds. The van der Waals surface area contributed by atoms with Crippen molar-refractivity contribution in [1.82, 2.24) is 0 Å². The van der Waals surface area contributed by atoms with Gasteiger partial charge in [-0.2, -0.15) is 0 Å². The van der Waals surface area contributed by atoms with Crippen LogP contribution in [0.3, 0.4) is 0 Å². The maximum Gasteiger partial charge on any atom is 0.136 e. The average molecular weight is 372 g/mol. The molecule has 0 bridgehead atoms. The molecule has 19 heavy (non-hydrogen) atoms. The second-order valence-electron chi connectivity index (χ2n) is 4.33. The van der Waals surface area contributed by atoms with Gasteiger partial charge in [-0.15, -0.1) is 6.42 Å². The van der Waals surface area contributed by atoms with Crippen LogP contribution < -0.4 is 9.47 Å². The van der Waals surface area contributed by atoms with Gasteiger partial charge in [0.2, 0.25) is 0 Å². The molecule has 0 aromatic heterocycles. The number of halogens is 1. The molecule has 2 nitrogen and oxygen atoms in total. The molecule has 0 saturated carbocycles. The lowest BCUT2D eigenvalue weighted by atomic mass is 10.2. The molecule has 0 N–H and O–H groups in total. The SMILES string of the molecule is C#Cc1cc(OCCCC)c(I)cc1OCCCC. The van der Waals surface area contributed by atoms with E-state index in [-0.39, 0.29) is 0 Å². The Morgan fingerprint density at radius 2 is 1.63 bits per heavy atom. The van der Waals surface area contributed by atoms with Gasteiger partial charge in [-0.05, 0) is 41.5 Å². The Bertz CT molecular complexity index is 435. The molecular weight excluding hydrogens is 351 g/mol. The Hall–Kier alpha value is -0.890. The van der Waals surface area contributed by atoms with E-state index in [2.05, 4.69) is 42.4 Å². The molecule has 0 atom stereocenters. The van der Waals surface area contributed by atoms with Gasteiger partial charge in [-0.1, -0.05) is 32.6 Å². The zero-order valence-electron chi connectivity index (χ0n) is 11.7. The summed E-state index contributed by atoms with van der Waals surface area (Å²) in [5.41, 5.74) is 0.767. The summed E-state index contributed by atoms with van der Waals surface area (Å²) < 4.78 is 12.5. The normalized spacial score (nSPS) is 10.0. The van der Waals surface area contributed by atoms with Crippen molar-refractivity contribution >= 4 is 22.6 Å². The van der Waals surface area contributed by atoms with E-state index >= 15 is 0 Å². The number of unbranched alkanes of at least 4 members (excludes halogenated alkanes) is 2. The van der Waals surface area contributed by atoms with Crippen LogP contribution in [0, 0.1) is 15.9 Å². The molecule has 1 aromatic carbocycles. The molecule has 1 aromatic rings. The van der Waals surface area contributed by atoms with Crippen molar-refractivity contribution < 1.29 is 9.47 Å². The quantitative estimate of drug-likeness (QED) is 0.376. The lowest BCUT2D eigenvalue weighted by molar-refractivity contribution is 0.298. The molecule has 0 unspecified atom stereocenters. The van der Waals surface area contributed by atoms with E-state index in [9.17, 15) is 0 Å². The monoisotopic (exact) mass is 372 g/mol. The first-order valence-electron chi connectivity index (χ1n) is 6.78. The number of hydrogen-bond acceptors (Lipinski definition) is 2. The number of ether oxygens (including phenoxy) is 2. The smallest absolute Gasteiger partial charge is 0.136 e. The third kappa shape index (κ3) is 5.32. The van der Waals surface area contributed by atoms with Gasteiger partial charge in [0, 0.05) is 6.07 Å². The van der Waals surface area contributed by atoms with Crippen molar-refractivity contribution in [3.8, 4) is 23.8 Å². The first-order chi connectivity index (χ1) is 9.22. The molecule has 0 spiro atoms. The second-order valence-corrected chi connectivity index (χ2v) is 5.49. The maximum atomic E-state index is 5.74. The minimum Gasteiger partial charge on any atom is -0.492 e. The summed E-state index contributed by atoms with van der Waals surface area (Å²) in [5, 5.41) is 0. The van der Waals surface area contributed by atoms with Crippen LogP contribution >= 0.6 is 22.6 Å². The molecule has 0 radical (unpaired) electrons. The summed E-state index contributed by atoms with van der Waals surface area (Å²) in [5.74, 6) is 4.30. The van der Waals surface area contributed by atoms with Crippen molar-refractivity contribution in [2.75, 3.05) is 13.2 Å². The highest BCUT2D eigenvalue weighted by atomic mass is 127. The molecule has 0 heterocycles. The third-order valence-electron chi connectivity index (χ3n) is 2.70. The fourth-order valence-electron chi connectivity index (χ4n) is 1.53. The maximum absolute atomic E-state index is 5.74. The second kappa shape index (κ2) is 9.08. The van der Waals surface area contributed by atoms with E-state index in [0.717, 1.165) is 52.9 Å². The third-order valence-corrected chi connectivity index (χ3v) is 3.54. The molecule has 0 saturated heterocycles. The molecule has 0 aliphatic heterocycles. The van der Waals surface area contributed by atoms with Crippen LogP contribution in [0.25, 0.3) is 0 Å². The molecule has 104 valence electrons. The van der Waals surface area contributed by atoms with Gasteiger partial charge in [0.15, 0.2) is 0 Å². The minimum absolute atomic E-state index is 0.706. The Morgan fingerprint density at radius 3 is 2.16 bits per heavy atom. The van der Waals surface area contributed by atoms with Crippen molar-refractivity contribution in [2.24, 2.45) is 0 Å². The fourth-order valence-corrected chi connectivity index (χ4v) is 2.13.